The number of rotatable bonds is 6. The van der Waals surface area contributed by atoms with Crippen LogP contribution >= 0.6 is 22.9 Å². The molecular formula is C26H23ClN4O4S. The van der Waals surface area contributed by atoms with E-state index in [0.717, 1.165) is 5.56 Å². The number of amides is 1. The number of thiophene rings is 1. The van der Waals surface area contributed by atoms with Crippen LogP contribution in [-0.2, 0) is 11.3 Å². The molecule has 36 heavy (non-hydrogen) atoms. The third kappa shape index (κ3) is 5.18. The summed E-state index contributed by atoms with van der Waals surface area (Å²) in [6.07, 6.45) is 1.23. The molecule has 5 rings (SSSR count). The number of hydrogen-bond acceptors (Lipinski definition) is 7. The lowest BCUT2D eigenvalue weighted by atomic mass is 9.90. The zero-order chi connectivity index (χ0) is 25.1. The molecule has 0 aliphatic carbocycles. The van der Waals surface area contributed by atoms with E-state index in [0.29, 0.717) is 27.6 Å². The molecule has 1 N–H and O–H groups in total. The highest BCUT2D eigenvalue weighted by Gasteiger charge is 2.40. The van der Waals surface area contributed by atoms with E-state index in [4.69, 9.17) is 16.3 Å². The van der Waals surface area contributed by atoms with Crippen molar-refractivity contribution in [3.05, 3.63) is 105 Å². The molecule has 3 heterocycles. The third-order valence-electron chi connectivity index (χ3n) is 6.17. The van der Waals surface area contributed by atoms with Crippen molar-refractivity contribution in [2.45, 2.75) is 31.2 Å². The summed E-state index contributed by atoms with van der Waals surface area (Å²) in [5, 5.41) is 21.8. The van der Waals surface area contributed by atoms with Gasteiger partial charge in [0, 0.05) is 11.6 Å². The van der Waals surface area contributed by atoms with Crippen molar-refractivity contribution in [2.75, 3.05) is 6.54 Å². The van der Waals surface area contributed by atoms with Crippen LogP contribution in [0.25, 0.3) is 0 Å². The van der Waals surface area contributed by atoms with Crippen molar-refractivity contribution in [1.82, 2.24) is 19.9 Å². The van der Waals surface area contributed by atoms with Gasteiger partial charge in [0.15, 0.2) is 0 Å². The number of carbonyl (C=O) groups is 2. The number of hydrogen-bond donors (Lipinski definition) is 1. The second kappa shape index (κ2) is 10.6. The molecule has 1 saturated heterocycles. The van der Waals surface area contributed by atoms with Gasteiger partial charge >= 0.3 is 5.97 Å². The number of aliphatic hydroxyl groups excluding tert-OH is 1. The van der Waals surface area contributed by atoms with Gasteiger partial charge in [0.2, 0.25) is 0 Å². The van der Waals surface area contributed by atoms with Gasteiger partial charge in [0.25, 0.3) is 5.91 Å². The number of β-amino-alcohol motifs (C(OH)–C–C–N with tert-alkyl or cyclic N) is 1. The molecule has 1 fully saturated rings. The van der Waals surface area contributed by atoms with Gasteiger partial charge < -0.3 is 14.7 Å². The number of ether oxygens (including phenoxy) is 1. The lowest BCUT2D eigenvalue weighted by Gasteiger charge is -2.42. The van der Waals surface area contributed by atoms with Crippen molar-refractivity contribution in [3.8, 4) is 0 Å². The quantitative estimate of drug-likeness (QED) is 0.373. The van der Waals surface area contributed by atoms with Crippen LogP contribution in [0.15, 0.2) is 78.3 Å². The normalized spacial score (nSPS) is 19.7. The molecule has 1 aliphatic rings. The van der Waals surface area contributed by atoms with Crippen LogP contribution in [0.4, 0.5) is 0 Å². The zero-order valence-corrected chi connectivity index (χ0v) is 20.7. The first-order valence-electron chi connectivity index (χ1n) is 11.4. The monoisotopic (exact) mass is 522 g/mol. The molecule has 1 amide bonds. The summed E-state index contributed by atoms with van der Waals surface area (Å²) < 4.78 is 6.94. The third-order valence-corrected chi connectivity index (χ3v) is 7.28. The number of halogens is 1. The summed E-state index contributed by atoms with van der Waals surface area (Å²) in [6, 6.07) is 19.0. The van der Waals surface area contributed by atoms with Gasteiger partial charge in [-0.05, 0) is 47.7 Å². The minimum Gasteiger partial charge on any atom is -0.455 e. The summed E-state index contributed by atoms with van der Waals surface area (Å²) >= 11 is 7.46. The van der Waals surface area contributed by atoms with Gasteiger partial charge in [-0.1, -0.05) is 53.2 Å². The molecule has 2 aromatic carbocycles. The molecule has 10 heteroatoms. The maximum absolute atomic E-state index is 13.3. The van der Waals surface area contributed by atoms with E-state index in [1.54, 1.807) is 58.2 Å². The summed E-state index contributed by atoms with van der Waals surface area (Å²) in [6.45, 7) is 0.0903. The molecule has 8 nitrogen and oxygen atoms in total. The minimum atomic E-state index is -0.862. The summed E-state index contributed by atoms with van der Waals surface area (Å²) in [5.74, 6) is -0.581. The number of likely N-dealkylation sites (tertiary alicyclic amines) is 1. The molecular weight excluding hydrogens is 500 g/mol. The molecule has 0 unspecified atom stereocenters. The molecule has 0 spiro atoms. The Hall–Kier alpha value is -3.53. The van der Waals surface area contributed by atoms with Crippen molar-refractivity contribution in [3.63, 3.8) is 0 Å². The van der Waals surface area contributed by atoms with Crippen LogP contribution in [0, 0.1) is 0 Å². The second-order valence-corrected chi connectivity index (χ2v) is 9.89. The van der Waals surface area contributed by atoms with E-state index in [2.05, 4.69) is 10.3 Å². The Bertz CT molecular complexity index is 1330. The van der Waals surface area contributed by atoms with Crippen LogP contribution in [0.3, 0.4) is 0 Å². The first kappa shape index (κ1) is 24.2. The highest BCUT2D eigenvalue weighted by Crippen LogP contribution is 2.38. The van der Waals surface area contributed by atoms with Gasteiger partial charge in [0.1, 0.15) is 12.3 Å². The van der Waals surface area contributed by atoms with Crippen molar-refractivity contribution < 1.29 is 19.4 Å². The SMILES string of the molecule is O=C(OCc1cn([C@H]2C[C@H](c3ccc(Cl)cc3)N(C(=O)c3cccs3)C[C@@H]2O)nn1)c1ccccc1. The molecule has 0 saturated carbocycles. The summed E-state index contributed by atoms with van der Waals surface area (Å²) in [7, 11) is 0. The van der Waals surface area contributed by atoms with Crippen LogP contribution in [0.2, 0.25) is 5.02 Å². The number of nitrogens with zero attached hydrogens (tertiary/aromatic N) is 4. The van der Waals surface area contributed by atoms with Crippen LogP contribution in [0.1, 0.15) is 49.8 Å². The number of benzene rings is 2. The minimum absolute atomic E-state index is 0.0415. The van der Waals surface area contributed by atoms with Gasteiger partial charge in [0.05, 0.1) is 34.8 Å². The number of piperidine rings is 1. The van der Waals surface area contributed by atoms with Gasteiger partial charge in [-0.25, -0.2) is 9.48 Å². The first-order valence-corrected chi connectivity index (χ1v) is 12.7. The fourth-order valence-corrected chi connectivity index (χ4v) is 5.16. The maximum atomic E-state index is 13.3. The van der Waals surface area contributed by atoms with E-state index >= 15 is 0 Å². The predicted octanol–water partition coefficient (Wildman–Crippen LogP) is 4.54. The van der Waals surface area contributed by atoms with E-state index in [1.807, 2.05) is 29.6 Å². The van der Waals surface area contributed by atoms with Crippen LogP contribution < -0.4 is 0 Å². The molecule has 1 aliphatic heterocycles. The highest BCUT2D eigenvalue weighted by molar-refractivity contribution is 7.12. The highest BCUT2D eigenvalue weighted by atomic mass is 35.5. The van der Waals surface area contributed by atoms with Crippen molar-refractivity contribution in [1.29, 1.82) is 0 Å². The molecule has 2 aromatic heterocycles. The largest absolute Gasteiger partial charge is 0.455 e. The smallest absolute Gasteiger partial charge is 0.338 e. The van der Waals surface area contributed by atoms with E-state index < -0.39 is 18.1 Å². The topological polar surface area (TPSA) is 97.5 Å². The maximum Gasteiger partial charge on any atom is 0.338 e. The lowest BCUT2D eigenvalue weighted by Crippen LogP contribution is -2.49. The van der Waals surface area contributed by atoms with Crippen molar-refractivity contribution in [2.24, 2.45) is 0 Å². The Morgan fingerprint density at radius 1 is 1.08 bits per heavy atom. The molecule has 3 atom stereocenters. The predicted molar refractivity (Wildman–Crippen MR) is 135 cm³/mol. The van der Waals surface area contributed by atoms with E-state index in [-0.39, 0.29) is 25.1 Å². The first-order chi connectivity index (χ1) is 17.5. The van der Waals surface area contributed by atoms with Gasteiger partial charge in [-0.15, -0.1) is 16.4 Å². The average Bonchev–Trinajstić information content (AvgIpc) is 3.61. The Morgan fingerprint density at radius 3 is 2.58 bits per heavy atom. The van der Waals surface area contributed by atoms with Crippen LogP contribution in [0.5, 0.6) is 0 Å². The fraction of sp³-hybridized carbons (Fsp3) is 0.231. The van der Waals surface area contributed by atoms with E-state index in [1.165, 1.54) is 11.3 Å². The van der Waals surface area contributed by atoms with E-state index in [9.17, 15) is 14.7 Å². The van der Waals surface area contributed by atoms with Gasteiger partial charge in [-0.2, -0.15) is 0 Å². The molecule has 4 aromatic rings. The Labute approximate surface area is 216 Å². The number of aromatic nitrogens is 3. The standard InChI is InChI=1S/C26H23ClN4O4S/c27-19-10-8-17(9-11-19)21-13-22(23(32)15-30(21)25(33)24-7-4-12-36-24)31-14-20(28-29-31)16-35-26(34)18-5-2-1-3-6-18/h1-12,14,21-23,32H,13,15-16H2/t21-,22+,23+/m1/s1. The second-order valence-electron chi connectivity index (χ2n) is 8.50. The average molecular weight is 523 g/mol. The summed E-state index contributed by atoms with van der Waals surface area (Å²) in [4.78, 5) is 27.8. The summed E-state index contributed by atoms with van der Waals surface area (Å²) in [5.41, 5.74) is 1.83. The Balaban J connectivity index is 1.34. The Kier molecular flexibility index (Phi) is 7.13. The Morgan fingerprint density at radius 2 is 1.86 bits per heavy atom. The van der Waals surface area contributed by atoms with Gasteiger partial charge in [-0.3, -0.25) is 4.79 Å². The molecule has 184 valence electrons. The van der Waals surface area contributed by atoms with Crippen LogP contribution in [-0.4, -0.2) is 49.5 Å². The fourth-order valence-electron chi connectivity index (χ4n) is 4.35. The zero-order valence-electron chi connectivity index (χ0n) is 19.1. The molecule has 0 bridgehead atoms. The molecule has 0 radical (unpaired) electrons. The number of aliphatic hydroxyl groups is 1. The van der Waals surface area contributed by atoms with Crippen molar-refractivity contribution >= 4 is 34.8 Å². The lowest BCUT2D eigenvalue weighted by molar-refractivity contribution is -0.00385. The number of esters is 1. The number of carbonyl (C=O) groups excluding carboxylic acids is 2.